The number of anilines is 1. The van der Waals surface area contributed by atoms with Crippen LogP contribution in [0.5, 0.6) is 11.5 Å². The van der Waals surface area contributed by atoms with Crippen LogP contribution >= 0.6 is 0 Å². The Morgan fingerprint density at radius 1 is 1.11 bits per heavy atom. The molecule has 1 unspecified atom stereocenters. The summed E-state index contributed by atoms with van der Waals surface area (Å²) in [6, 6.07) is 9.06. The molecule has 2 aromatic heterocycles. The molecule has 2 aliphatic heterocycles. The maximum atomic E-state index is 15.5. The highest BCUT2D eigenvalue weighted by Crippen LogP contribution is 2.37. The number of nitrogens with zero attached hydrogens (tertiary/aromatic N) is 6. The van der Waals surface area contributed by atoms with Crippen molar-refractivity contribution in [1.82, 2.24) is 24.6 Å². The van der Waals surface area contributed by atoms with Crippen LogP contribution in [0.1, 0.15) is 31.7 Å². The van der Waals surface area contributed by atoms with Crippen molar-refractivity contribution in [2.75, 3.05) is 32.0 Å². The number of aromatic nitrogens is 4. The Kier molecular flexibility index (Phi) is 8.17. The molecule has 0 saturated carbocycles. The number of hydrogen-bond acceptors (Lipinski definition) is 8. The number of carbonyl (C=O) groups is 1. The van der Waals surface area contributed by atoms with E-state index in [0.717, 1.165) is 25.0 Å². The molecule has 2 N–H and O–H groups in total. The van der Waals surface area contributed by atoms with Gasteiger partial charge >= 0.3 is 0 Å². The van der Waals surface area contributed by atoms with E-state index in [9.17, 15) is 18.8 Å². The van der Waals surface area contributed by atoms with E-state index < -0.39 is 17.5 Å². The number of nitriles is 1. The molecule has 6 rings (SSSR count). The van der Waals surface area contributed by atoms with Crippen LogP contribution in [0.2, 0.25) is 0 Å². The molecule has 0 radical (unpaired) electrons. The minimum atomic E-state index is -1.19. The van der Waals surface area contributed by atoms with Gasteiger partial charge < -0.3 is 20.1 Å². The zero-order valence-electron chi connectivity index (χ0n) is 23.5. The van der Waals surface area contributed by atoms with Gasteiger partial charge in [0, 0.05) is 37.9 Å². The van der Waals surface area contributed by atoms with Gasteiger partial charge in [-0.3, -0.25) is 4.79 Å². The Morgan fingerprint density at radius 3 is 2.70 bits per heavy atom. The second kappa shape index (κ2) is 12.3. The zero-order chi connectivity index (χ0) is 30.8. The molecule has 4 heterocycles. The smallest absolute Gasteiger partial charge is 0.264 e. The predicted molar refractivity (Wildman–Crippen MR) is 154 cm³/mol. The molecule has 2 aliphatic rings. The minimum Gasteiger partial charge on any atom is -0.454 e. The molecule has 2 aromatic carbocycles. The van der Waals surface area contributed by atoms with Gasteiger partial charge in [-0.1, -0.05) is 12.1 Å². The van der Waals surface area contributed by atoms with Crippen molar-refractivity contribution in [3.05, 3.63) is 71.8 Å². The number of ether oxygens (including phenoxy) is 2. The fourth-order valence-corrected chi connectivity index (χ4v) is 5.66. The van der Waals surface area contributed by atoms with Crippen LogP contribution in [0.15, 0.2) is 54.4 Å². The third kappa shape index (κ3) is 5.68. The number of benzene rings is 2. The first-order valence-electron chi connectivity index (χ1n) is 14.2. The summed E-state index contributed by atoms with van der Waals surface area (Å²) in [5, 5.41) is 14.8. The summed E-state index contributed by atoms with van der Waals surface area (Å²) >= 11 is 0. The van der Waals surface area contributed by atoms with Gasteiger partial charge in [0.05, 0.1) is 11.4 Å². The highest BCUT2D eigenvalue weighted by molar-refractivity contribution is 5.99. The molecule has 44 heavy (non-hydrogen) atoms. The zero-order valence-corrected chi connectivity index (χ0v) is 23.5. The molecule has 4 aromatic rings. The Labute approximate surface area is 250 Å². The number of piperidine rings is 1. The molecule has 0 aliphatic carbocycles. The molecule has 13 heteroatoms. The van der Waals surface area contributed by atoms with Crippen LogP contribution in [0.25, 0.3) is 22.3 Å². The number of amides is 1. The first-order valence-corrected chi connectivity index (χ1v) is 14.2. The average molecular weight is 604 g/mol. The number of carbonyl (C=O) groups excluding carboxylic acids is 1. The van der Waals surface area contributed by atoms with E-state index in [1.54, 1.807) is 15.7 Å². The van der Waals surface area contributed by atoms with E-state index in [4.69, 9.17) is 20.3 Å². The minimum absolute atomic E-state index is 0.0488. The molecule has 0 spiro atoms. The number of fused-ring (bicyclic) bond motifs is 1. The van der Waals surface area contributed by atoms with E-state index in [2.05, 4.69) is 16.0 Å². The first-order chi connectivity index (χ1) is 21.3. The van der Waals surface area contributed by atoms with Crippen LogP contribution in [0.3, 0.4) is 0 Å². The number of allylic oxidation sites excluding steroid dienone is 1. The van der Waals surface area contributed by atoms with Crippen LogP contribution in [-0.2, 0) is 9.53 Å². The highest BCUT2D eigenvalue weighted by atomic mass is 19.2. The third-order valence-corrected chi connectivity index (χ3v) is 7.91. The molecular formula is C31H28F3N7O3. The summed E-state index contributed by atoms with van der Waals surface area (Å²) in [7, 11) is 0. The second-order valence-corrected chi connectivity index (χ2v) is 10.7. The lowest BCUT2D eigenvalue weighted by atomic mass is 9.96. The van der Waals surface area contributed by atoms with Crippen molar-refractivity contribution in [3.63, 3.8) is 0 Å². The Balaban J connectivity index is 1.30. The van der Waals surface area contributed by atoms with Gasteiger partial charge in [-0.25, -0.2) is 23.4 Å². The lowest BCUT2D eigenvalue weighted by Crippen LogP contribution is -2.41. The van der Waals surface area contributed by atoms with Gasteiger partial charge in [-0.05, 0) is 55.9 Å². The normalized spacial score (nSPS) is 17.9. The lowest BCUT2D eigenvalue weighted by molar-refractivity contribution is -0.128. The Hall–Kier alpha value is -4.96. The van der Waals surface area contributed by atoms with Gasteiger partial charge in [0.2, 0.25) is 5.82 Å². The summed E-state index contributed by atoms with van der Waals surface area (Å²) in [4.78, 5) is 23.5. The fraction of sp³-hybridized carbons (Fsp3) is 0.323. The maximum Gasteiger partial charge on any atom is 0.264 e. The number of halogens is 3. The first kappa shape index (κ1) is 29.1. The topological polar surface area (TPSA) is 132 Å². The van der Waals surface area contributed by atoms with Crippen LogP contribution in [-0.4, -0.2) is 56.9 Å². The summed E-state index contributed by atoms with van der Waals surface area (Å²) in [5.41, 5.74) is 6.95. The molecule has 226 valence electrons. The molecule has 0 bridgehead atoms. The van der Waals surface area contributed by atoms with E-state index in [1.165, 1.54) is 30.6 Å². The van der Waals surface area contributed by atoms with Crippen molar-refractivity contribution < 1.29 is 27.4 Å². The number of nitrogens with two attached hydrogens (primary N) is 1. The molecular weight excluding hydrogens is 575 g/mol. The lowest BCUT2D eigenvalue weighted by Gasteiger charge is -2.33. The van der Waals surface area contributed by atoms with Gasteiger partial charge in [-0.15, -0.1) is 0 Å². The Morgan fingerprint density at radius 2 is 1.93 bits per heavy atom. The van der Waals surface area contributed by atoms with Crippen molar-refractivity contribution in [3.8, 4) is 28.8 Å². The molecule has 10 nitrogen and oxygen atoms in total. The van der Waals surface area contributed by atoms with Gasteiger partial charge in [0.1, 0.15) is 41.0 Å². The van der Waals surface area contributed by atoms with E-state index in [1.807, 2.05) is 0 Å². The van der Waals surface area contributed by atoms with Crippen molar-refractivity contribution >= 4 is 22.8 Å². The van der Waals surface area contributed by atoms with E-state index in [-0.39, 0.29) is 58.6 Å². The second-order valence-electron chi connectivity index (χ2n) is 10.7. The number of likely N-dealkylation sites (tertiary alicyclic amines) is 1. The monoisotopic (exact) mass is 603 g/mol. The third-order valence-electron chi connectivity index (χ3n) is 7.91. The number of rotatable bonds is 6. The van der Waals surface area contributed by atoms with Crippen molar-refractivity contribution in [2.24, 2.45) is 5.92 Å². The van der Waals surface area contributed by atoms with Crippen LogP contribution in [0.4, 0.5) is 19.0 Å². The Bertz CT molecular complexity index is 1800. The van der Waals surface area contributed by atoms with E-state index in [0.29, 0.717) is 43.6 Å². The quantitative estimate of drug-likeness (QED) is 0.231. The maximum absolute atomic E-state index is 15.5. The summed E-state index contributed by atoms with van der Waals surface area (Å²) in [6.07, 6.45) is 5.87. The van der Waals surface area contributed by atoms with Gasteiger partial charge in [0.25, 0.3) is 5.91 Å². The summed E-state index contributed by atoms with van der Waals surface area (Å²) < 4.78 is 55.6. The largest absolute Gasteiger partial charge is 0.454 e. The summed E-state index contributed by atoms with van der Waals surface area (Å²) in [5.74, 6) is -3.60. The van der Waals surface area contributed by atoms with Crippen LogP contribution in [0, 0.1) is 34.7 Å². The predicted octanol–water partition coefficient (Wildman–Crippen LogP) is 5.33. The summed E-state index contributed by atoms with van der Waals surface area (Å²) in [6.45, 7) is 1.94. The molecule has 2 saturated heterocycles. The standard InChI is InChI=1S/C31H28F3N7O3/c32-23-4-1-5-25(27(23)34)44-21-6-7-22(24(33)14-21)28-26-29(36)37-17-38-30(26)41(39-28)20-3-2-10-40(16-20)31(42)19(15-35)13-18-8-11-43-12-9-18/h1,4-7,13-14,17-18,20H,2-3,8-12,16H2,(H2,36,37,38). The number of nitrogen functional groups attached to an aromatic ring is 1. The highest BCUT2D eigenvalue weighted by Gasteiger charge is 2.31. The van der Waals surface area contributed by atoms with Gasteiger partial charge in [-0.2, -0.15) is 14.8 Å². The average Bonchev–Trinajstić information content (AvgIpc) is 3.43. The molecule has 2 fully saturated rings. The fourth-order valence-electron chi connectivity index (χ4n) is 5.66. The van der Waals surface area contributed by atoms with Crippen molar-refractivity contribution in [2.45, 2.75) is 31.7 Å². The van der Waals surface area contributed by atoms with Gasteiger partial charge in [0.15, 0.2) is 17.2 Å². The molecule has 1 atom stereocenters. The number of hydrogen-bond donors (Lipinski definition) is 1. The molecule has 1 amide bonds. The van der Waals surface area contributed by atoms with Crippen molar-refractivity contribution in [1.29, 1.82) is 5.26 Å². The van der Waals surface area contributed by atoms with Crippen LogP contribution < -0.4 is 10.5 Å². The van der Waals surface area contributed by atoms with E-state index >= 15 is 4.39 Å². The SMILES string of the molecule is N#CC(=CC1CCOCC1)C(=O)N1CCCC(n2nc(-c3ccc(Oc4cccc(F)c4F)cc3F)c3c(N)ncnc32)C1.